The van der Waals surface area contributed by atoms with Crippen LogP contribution in [0.5, 0.6) is 0 Å². The Hall–Kier alpha value is -1.50. The maximum atomic E-state index is 12.3. The van der Waals surface area contributed by atoms with Gasteiger partial charge in [-0.05, 0) is 50.6 Å². The molecular weight excluding hydrogens is 286 g/mol. The van der Waals surface area contributed by atoms with Gasteiger partial charge in [0, 0.05) is 17.8 Å². The molecule has 1 aliphatic rings. The molecule has 0 aliphatic carbocycles. The first-order chi connectivity index (χ1) is 9.97. The molecule has 114 valence electrons. The fourth-order valence-electron chi connectivity index (χ4n) is 2.47. The lowest BCUT2D eigenvalue weighted by atomic mass is 10.1. The minimum atomic E-state index is -0.334. The zero-order chi connectivity index (χ0) is 15.4. The van der Waals surface area contributed by atoms with Crippen molar-refractivity contribution in [3.63, 3.8) is 0 Å². The van der Waals surface area contributed by atoms with Gasteiger partial charge < -0.3 is 16.2 Å². The molecule has 21 heavy (non-hydrogen) atoms. The van der Waals surface area contributed by atoms with E-state index in [1.165, 1.54) is 0 Å². The van der Waals surface area contributed by atoms with Crippen LogP contribution in [-0.2, 0) is 4.79 Å². The van der Waals surface area contributed by atoms with Crippen molar-refractivity contribution in [2.24, 2.45) is 5.73 Å². The van der Waals surface area contributed by atoms with Crippen molar-refractivity contribution in [3.05, 3.63) is 29.8 Å². The van der Waals surface area contributed by atoms with Gasteiger partial charge in [0.2, 0.25) is 5.91 Å². The van der Waals surface area contributed by atoms with Crippen LogP contribution in [0.15, 0.2) is 24.3 Å². The molecular formula is C15H21N3O2S. The van der Waals surface area contributed by atoms with Crippen LogP contribution in [0.4, 0.5) is 5.69 Å². The SMILES string of the molecule is CC(C(=O)Nc1ccc(C(N)=S)cc1)N1CCCC(O)C1. The van der Waals surface area contributed by atoms with Crippen molar-refractivity contribution in [3.8, 4) is 0 Å². The van der Waals surface area contributed by atoms with E-state index < -0.39 is 0 Å². The molecule has 6 heteroatoms. The number of likely N-dealkylation sites (tertiary alicyclic amines) is 1. The minimum Gasteiger partial charge on any atom is -0.392 e. The first kappa shape index (κ1) is 15.9. The van der Waals surface area contributed by atoms with Crippen molar-refractivity contribution in [2.45, 2.75) is 31.9 Å². The fourth-order valence-corrected chi connectivity index (χ4v) is 2.60. The number of carbonyl (C=O) groups is 1. The molecule has 2 rings (SSSR count). The quantitative estimate of drug-likeness (QED) is 0.726. The second-order valence-corrected chi connectivity index (χ2v) is 5.84. The van der Waals surface area contributed by atoms with Crippen molar-refractivity contribution >= 4 is 28.8 Å². The highest BCUT2D eigenvalue weighted by Crippen LogP contribution is 2.15. The highest BCUT2D eigenvalue weighted by Gasteiger charge is 2.26. The van der Waals surface area contributed by atoms with E-state index in [0.29, 0.717) is 17.2 Å². The van der Waals surface area contributed by atoms with Gasteiger partial charge in [-0.25, -0.2) is 0 Å². The summed E-state index contributed by atoms with van der Waals surface area (Å²) in [5.74, 6) is -0.0767. The van der Waals surface area contributed by atoms with Gasteiger partial charge in [-0.3, -0.25) is 9.69 Å². The first-order valence-corrected chi connectivity index (χ1v) is 7.51. The number of aliphatic hydroxyl groups is 1. The topological polar surface area (TPSA) is 78.6 Å². The maximum absolute atomic E-state index is 12.3. The molecule has 0 radical (unpaired) electrons. The highest BCUT2D eigenvalue weighted by atomic mass is 32.1. The summed E-state index contributed by atoms with van der Waals surface area (Å²) in [5.41, 5.74) is 7.02. The van der Waals surface area contributed by atoms with Crippen molar-refractivity contribution in [2.75, 3.05) is 18.4 Å². The van der Waals surface area contributed by atoms with E-state index in [9.17, 15) is 9.90 Å². The van der Waals surface area contributed by atoms with Crippen LogP contribution in [0.3, 0.4) is 0 Å². The number of carbonyl (C=O) groups excluding carboxylic acids is 1. The summed E-state index contributed by atoms with van der Waals surface area (Å²) < 4.78 is 0. The Morgan fingerprint density at radius 1 is 1.48 bits per heavy atom. The molecule has 1 saturated heterocycles. The number of amides is 1. The number of rotatable bonds is 4. The number of benzene rings is 1. The predicted molar refractivity (Wildman–Crippen MR) is 87.2 cm³/mol. The van der Waals surface area contributed by atoms with Gasteiger partial charge in [0.15, 0.2) is 0 Å². The van der Waals surface area contributed by atoms with Crippen LogP contribution in [-0.4, -0.2) is 46.1 Å². The van der Waals surface area contributed by atoms with Crippen LogP contribution in [0.25, 0.3) is 0 Å². The molecule has 1 aliphatic heterocycles. The standard InChI is InChI=1S/C15H21N3O2S/c1-10(18-8-2-3-13(19)9-18)15(20)17-12-6-4-11(5-7-12)14(16)21/h4-7,10,13,19H,2-3,8-9H2,1H3,(H2,16,21)(H,17,20). The molecule has 0 saturated carbocycles. The van der Waals surface area contributed by atoms with Gasteiger partial charge in [-0.2, -0.15) is 0 Å². The lowest BCUT2D eigenvalue weighted by molar-refractivity contribution is -0.121. The van der Waals surface area contributed by atoms with E-state index in [0.717, 1.165) is 24.9 Å². The Bertz CT molecular complexity index is 518. The Morgan fingerprint density at radius 3 is 2.71 bits per heavy atom. The molecule has 2 unspecified atom stereocenters. The third kappa shape index (κ3) is 4.23. The smallest absolute Gasteiger partial charge is 0.241 e. The normalized spacial score (nSPS) is 20.8. The van der Waals surface area contributed by atoms with Crippen molar-refractivity contribution in [1.29, 1.82) is 0 Å². The number of nitrogens with two attached hydrogens (primary N) is 1. The minimum absolute atomic E-state index is 0.0767. The lowest BCUT2D eigenvalue weighted by Gasteiger charge is -2.33. The Morgan fingerprint density at radius 2 is 2.14 bits per heavy atom. The Labute approximate surface area is 130 Å². The van der Waals surface area contributed by atoms with Gasteiger partial charge in [0.05, 0.1) is 12.1 Å². The number of β-amino-alcohol motifs (C(OH)–C–C–N with tert-alkyl or cyclic N) is 1. The van der Waals surface area contributed by atoms with Crippen molar-refractivity contribution in [1.82, 2.24) is 4.90 Å². The molecule has 4 N–H and O–H groups in total. The van der Waals surface area contributed by atoms with E-state index in [1.54, 1.807) is 24.3 Å². The molecule has 2 atom stereocenters. The van der Waals surface area contributed by atoms with Gasteiger partial charge in [-0.15, -0.1) is 0 Å². The average molecular weight is 307 g/mol. The zero-order valence-electron chi connectivity index (χ0n) is 12.1. The molecule has 1 amide bonds. The number of nitrogens with one attached hydrogen (secondary N) is 1. The van der Waals surface area contributed by atoms with E-state index in [1.807, 2.05) is 11.8 Å². The molecule has 0 bridgehead atoms. The van der Waals surface area contributed by atoms with E-state index >= 15 is 0 Å². The fraction of sp³-hybridized carbons (Fsp3) is 0.467. The summed E-state index contributed by atoms with van der Waals surface area (Å²) in [6.45, 7) is 3.25. The first-order valence-electron chi connectivity index (χ1n) is 7.10. The van der Waals surface area contributed by atoms with Crippen LogP contribution in [0, 0.1) is 0 Å². The number of hydrogen-bond acceptors (Lipinski definition) is 4. The summed E-state index contributed by atoms with van der Waals surface area (Å²) in [4.78, 5) is 14.6. The molecule has 0 aromatic heterocycles. The monoisotopic (exact) mass is 307 g/mol. The van der Waals surface area contributed by atoms with Crippen LogP contribution in [0.1, 0.15) is 25.3 Å². The van der Waals surface area contributed by atoms with Gasteiger partial charge in [0.1, 0.15) is 4.99 Å². The van der Waals surface area contributed by atoms with Crippen LogP contribution >= 0.6 is 12.2 Å². The Kier molecular flexibility index (Phi) is 5.27. The summed E-state index contributed by atoms with van der Waals surface area (Å²) in [7, 11) is 0. The van der Waals surface area contributed by atoms with Gasteiger partial charge in [-0.1, -0.05) is 12.2 Å². The van der Waals surface area contributed by atoms with E-state index in [2.05, 4.69) is 5.32 Å². The molecule has 5 nitrogen and oxygen atoms in total. The largest absolute Gasteiger partial charge is 0.392 e. The molecule has 1 fully saturated rings. The third-order valence-electron chi connectivity index (χ3n) is 3.79. The number of thiocarbonyl (C=S) groups is 1. The molecule has 1 heterocycles. The number of nitrogens with zero attached hydrogens (tertiary/aromatic N) is 1. The molecule has 1 aromatic rings. The van der Waals surface area contributed by atoms with Gasteiger partial charge in [0.25, 0.3) is 0 Å². The second-order valence-electron chi connectivity index (χ2n) is 5.40. The van der Waals surface area contributed by atoms with Crippen LogP contribution in [0.2, 0.25) is 0 Å². The molecule has 1 aromatic carbocycles. The Balaban J connectivity index is 1.95. The number of aliphatic hydroxyl groups excluding tert-OH is 1. The lowest BCUT2D eigenvalue weighted by Crippen LogP contribution is -2.48. The number of anilines is 1. The maximum Gasteiger partial charge on any atom is 0.241 e. The van der Waals surface area contributed by atoms with E-state index in [4.69, 9.17) is 18.0 Å². The summed E-state index contributed by atoms with van der Waals surface area (Å²) in [5, 5.41) is 12.6. The molecule has 0 spiro atoms. The summed E-state index contributed by atoms with van der Waals surface area (Å²) in [6.07, 6.45) is 1.39. The third-order valence-corrected chi connectivity index (χ3v) is 4.03. The predicted octanol–water partition coefficient (Wildman–Crippen LogP) is 1.10. The second kappa shape index (κ2) is 6.98. The summed E-state index contributed by atoms with van der Waals surface area (Å²) in [6, 6.07) is 6.87. The number of hydrogen-bond donors (Lipinski definition) is 3. The van der Waals surface area contributed by atoms with Gasteiger partial charge >= 0.3 is 0 Å². The zero-order valence-corrected chi connectivity index (χ0v) is 12.9. The number of piperidine rings is 1. The van der Waals surface area contributed by atoms with Crippen molar-refractivity contribution < 1.29 is 9.90 Å². The van der Waals surface area contributed by atoms with E-state index in [-0.39, 0.29) is 18.1 Å². The highest BCUT2D eigenvalue weighted by molar-refractivity contribution is 7.80. The van der Waals surface area contributed by atoms with Crippen LogP contribution < -0.4 is 11.1 Å². The summed E-state index contributed by atoms with van der Waals surface area (Å²) >= 11 is 4.89. The average Bonchev–Trinajstić information content (AvgIpc) is 2.47.